The lowest BCUT2D eigenvalue weighted by Crippen LogP contribution is -2.70. The normalized spacial score (nSPS) is 15.6. The van der Waals surface area contributed by atoms with E-state index in [0.717, 1.165) is 5.56 Å². The highest BCUT2D eigenvalue weighted by molar-refractivity contribution is 6.01. The summed E-state index contributed by atoms with van der Waals surface area (Å²) >= 11 is 0. The fraction of sp³-hybridized carbons (Fsp3) is 0.391. The van der Waals surface area contributed by atoms with Crippen molar-refractivity contribution in [2.24, 2.45) is 0 Å². The summed E-state index contributed by atoms with van der Waals surface area (Å²) in [5, 5.41) is 16.3. The van der Waals surface area contributed by atoms with Crippen LogP contribution in [-0.2, 0) is 0 Å². The number of amides is 1. The van der Waals surface area contributed by atoms with Crippen LogP contribution in [0.15, 0.2) is 36.8 Å². The molecule has 7 nitrogen and oxygen atoms in total. The smallest absolute Gasteiger partial charge is 0.257 e. The first-order chi connectivity index (χ1) is 15.2. The first-order valence-electron chi connectivity index (χ1n) is 10.6. The van der Waals surface area contributed by atoms with E-state index in [1.165, 1.54) is 40.0 Å². The van der Waals surface area contributed by atoms with Crippen LogP contribution in [-0.4, -0.2) is 57.1 Å². The zero-order valence-electron chi connectivity index (χ0n) is 18.9. The number of aliphatic hydroxyl groups is 1. The molecule has 1 fully saturated rings. The number of nitrogens with one attached hydrogen (secondary N) is 2. The van der Waals surface area contributed by atoms with Gasteiger partial charge >= 0.3 is 0 Å². The Labute approximate surface area is 186 Å². The molecule has 1 aliphatic heterocycles. The first-order valence-corrected chi connectivity index (χ1v) is 10.6. The number of likely N-dealkylation sites (tertiary alicyclic amines) is 1. The molecule has 1 atom stereocenters. The van der Waals surface area contributed by atoms with Crippen LogP contribution in [0.1, 0.15) is 36.7 Å². The van der Waals surface area contributed by atoms with E-state index in [1.54, 1.807) is 20.0 Å². The summed E-state index contributed by atoms with van der Waals surface area (Å²) in [4.78, 5) is 18.6. The van der Waals surface area contributed by atoms with Crippen LogP contribution >= 0.6 is 0 Å². The molecule has 2 aromatic heterocycles. The van der Waals surface area contributed by atoms with Crippen LogP contribution in [0.4, 0.5) is 20.2 Å². The second kappa shape index (κ2) is 9.22. The predicted molar refractivity (Wildman–Crippen MR) is 120 cm³/mol. The summed E-state index contributed by atoms with van der Waals surface area (Å²) in [6.07, 6.45) is 4.40. The van der Waals surface area contributed by atoms with Crippen molar-refractivity contribution in [3.05, 3.63) is 59.6 Å². The average Bonchev–Trinajstić information content (AvgIpc) is 3.24. The summed E-state index contributed by atoms with van der Waals surface area (Å²) in [6.45, 7) is 7.79. The molecule has 3 N–H and O–H groups in total. The monoisotopic (exact) mass is 445 g/mol. The van der Waals surface area contributed by atoms with Crippen LogP contribution in [0.25, 0.3) is 5.65 Å². The van der Waals surface area contributed by atoms with Gasteiger partial charge in [-0.3, -0.25) is 4.79 Å². The van der Waals surface area contributed by atoms with Gasteiger partial charge in [0.25, 0.3) is 5.91 Å². The second-order valence-electron chi connectivity index (χ2n) is 7.77. The number of carbonyl (C=O) groups is 1. The predicted octanol–water partition coefficient (Wildman–Crippen LogP) is 3.49. The van der Waals surface area contributed by atoms with E-state index in [-0.39, 0.29) is 41.7 Å². The summed E-state index contributed by atoms with van der Waals surface area (Å²) in [5.74, 6) is -1.78. The van der Waals surface area contributed by atoms with Crippen molar-refractivity contribution in [3.8, 4) is 0 Å². The molecule has 9 heteroatoms. The molecule has 0 bridgehead atoms. The van der Waals surface area contributed by atoms with Crippen molar-refractivity contribution in [1.82, 2.24) is 19.6 Å². The molecule has 0 spiro atoms. The Morgan fingerprint density at radius 3 is 2.59 bits per heavy atom. The molecule has 0 aliphatic carbocycles. The van der Waals surface area contributed by atoms with Gasteiger partial charge in [0.05, 0.1) is 30.0 Å². The quantitative estimate of drug-likeness (QED) is 0.560. The van der Waals surface area contributed by atoms with Crippen LogP contribution in [0.5, 0.6) is 0 Å². The number of halogens is 2. The summed E-state index contributed by atoms with van der Waals surface area (Å²) < 4.78 is 31.0. The van der Waals surface area contributed by atoms with Crippen LogP contribution in [0.3, 0.4) is 0 Å². The van der Waals surface area contributed by atoms with Crippen molar-refractivity contribution in [3.63, 3.8) is 0 Å². The topological polar surface area (TPSA) is 81.9 Å². The van der Waals surface area contributed by atoms with Gasteiger partial charge < -0.3 is 25.0 Å². The summed E-state index contributed by atoms with van der Waals surface area (Å²) in [7, 11) is 1.73. The van der Waals surface area contributed by atoms with Gasteiger partial charge in [0, 0.05) is 24.6 Å². The zero-order chi connectivity index (χ0) is 23.6. The number of carbonyl (C=O) groups excluding carboxylic acids is 1. The second-order valence-corrected chi connectivity index (χ2v) is 7.77. The molecule has 32 heavy (non-hydrogen) atoms. The van der Waals surface area contributed by atoms with Crippen molar-refractivity contribution in [2.75, 3.05) is 25.5 Å². The molecular formula is C23H29F2N5O2. The number of benzene rings is 1. The van der Waals surface area contributed by atoms with Gasteiger partial charge in [0.15, 0.2) is 11.5 Å². The molecule has 4 rings (SSSR count). The van der Waals surface area contributed by atoms with E-state index in [1.807, 2.05) is 20.8 Å². The van der Waals surface area contributed by atoms with Gasteiger partial charge in [-0.15, -0.1) is 0 Å². The lowest BCUT2D eigenvalue weighted by molar-refractivity contribution is -0.0990. The number of pyridine rings is 1. The SMILES string of the molecule is CC.CNC(C)C1(O)CN(C(=O)c2cn3ccnc3c(F)c2Nc2ccc(C)cc2F)C1. The molecule has 1 aliphatic rings. The maximum Gasteiger partial charge on any atom is 0.257 e. The third-order valence-corrected chi connectivity index (χ3v) is 5.69. The van der Waals surface area contributed by atoms with E-state index in [0.29, 0.717) is 0 Å². The lowest BCUT2D eigenvalue weighted by Gasteiger charge is -2.49. The fourth-order valence-electron chi connectivity index (χ4n) is 3.63. The van der Waals surface area contributed by atoms with Crippen molar-refractivity contribution in [2.45, 2.75) is 39.3 Å². The first kappa shape index (κ1) is 23.6. The maximum absolute atomic E-state index is 15.2. The van der Waals surface area contributed by atoms with E-state index in [2.05, 4.69) is 15.6 Å². The summed E-state index contributed by atoms with van der Waals surface area (Å²) in [6, 6.07) is 4.29. The lowest BCUT2D eigenvalue weighted by atomic mass is 9.86. The van der Waals surface area contributed by atoms with Gasteiger partial charge in [-0.2, -0.15) is 0 Å². The van der Waals surface area contributed by atoms with E-state index < -0.39 is 23.1 Å². The number of nitrogens with zero attached hydrogens (tertiary/aromatic N) is 3. The highest BCUT2D eigenvalue weighted by Gasteiger charge is 2.47. The Hall–Kier alpha value is -3.04. The number of aromatic nitrogens is 2. The van der Waals surface area contributed by atoms with Crippen LogP contribution < -0.4 is 10.6 Å². The standard InChI is InChI=1S/C21H23F2N5O2.C2H6/c1-12-4-5-16(15(22)8-12)26-18-14(9-27-7-6-25-19(27)17(18)23)20(29)28-10-21(30,11-28)13(2)24-3;1-2/h4-9,13,24,26,30H,10-11H2,1-3H3;1-2H3. The third-order valence-electron chi connectivity index (χ3n) is 5.69. The summed E-state index contributed by atoms with van der Waals surface area (Å²) in [5.41, 5.74) is -0.398. The molecule has 172 valence electrons. The van der Waals surface area contributed by atoms with Gasteiger partial charge in [-0.25, -0.2) is 13.8 Å². The number of hydrogen-bond acceptors (Lipinski definition) is 5. The van der Waals surface area contributed by atoms with Gasteiger partial charge in [-0.1, -0.05) is 19.9 Å². The number of rotatable bonds is 5. The number of hydrogen-bond donors (Lipinski definition) is 3. The Kier molecular flexibility index (Phi) is 6.80. The zero-order valence-corrected chi connectivity index (χ0v) is 18.9. The van der Waals surface area contributed by atoms with Crippen molar-refractivity contribution >= 4 is 22.9 Å². The molecule has 0 saturated carbocycles. The minimum Gasteiger partial charge on any atom is -0.385 e. The Morgan fingerprint density at radius 1 is 1.28 bits per heavy atom. The molecule has 1 unspecified atom stereocenters. The molecule has 0 radical (unpaired) electrons. The Bertz CT molecular complexity index is 1130. The number of likely N-dealkylation sites (N-methyl/N-ethyl adjacent to an activating group) is 1. The minimum atomic E-state index is -1.06. The molecule has 3 aromatic rings. The molecular weight excluding hydrogens is 416 g/mol. The minimum absolute atomic E-state index is 0.0190. The Morgan fingerprint density at radius 2 is 1.97 bits per heavy atom. The van der Waals surface area contributed by atoms with E-state index in [9.17, 15) is 14.3 Å². The Balaban J connectivity index is 0.00000141. The average molecular weight is 446 g/mol. The van der Waals surface area contributed by atoms with Crippen LogP contribution in [0, 0.1) is 18.6 Å². The van der Waals surface area contributed by atoms with Crippen molar-refractivity contribution < 1.29 is 18.7 Å². The molecule has 1 saturated heterocycles. The molecule has 3 heterocycles. The largest absolute Gasteiger partial charge is 0.385 e. The van der Waals surface area contributed by atoms with E-state index >= 15 is 4.39 Å². The molecule has 1 aromatic carbocycles. The van der Waals surface area contributed by atoms with Gasteiger partial charge in [0.2, 0.25) is 0 Å². The number of β-amino-alcohol motifs (C(OH)–C–C–N with tert-alkyl or cyclic N) is 1. The highest BCUT2D eigenvalue weighted by atomic mass is 19.1. The highest BCUT2D eigenvalue weighted by Crippen LogP contribution is 2.32. The van der Waals surface area contributed by atoms with Crippen molar-refractivity contribution in [1.29, 1.82) is 0 Å². The number of fused-ring (bicyclic) bond motifs is 1. The maximum atomic E-state index is 15.2. The third kappa shape index (κ3) is 4.18. The number of aryl methyl sites for hydroxylation is 1. The number of anilines is 2. The van der Waals surface area contributed by atoms with Crippen LogP contribution in [0.2, 0.25) is 0 Å². The van der Waals surface area contributed by atoms with Gasteiger partial charge in [-0.05, 0) is 38.6 Å². The van der Waals surface area contributed by atoms with E-state index in [4.69, 9.17) is 0 Å². The molecule has 1 amide bonds. The number of imidazole rings is 1. The fourth-order valence-corrected chi connectivity index (χ4v) is 3.63. The van der Waals surface area contributed by atoms with Gasteiger partial charge in [0.1, 0.15) is 11.4 Å².